The third-order valence-corrected chi connectivity index (χ3v) is 2.67. The van der Waals surface area contributed by atoms with E-state index in [4.69, 9.17) is 27.9 Å². The summed E-state index contributed by atoms with van der Waals surface area (Å²) in [6, 6.07) is 9.21. The van der Waals surface area contributed by atoms with E-state index in [1.807, 2.05) is 24.3 Å². The molecule has 0 unspecified atom stereocenters. The van der Waals surface area contributed by atoms with Gasteiger partial charge in [0.05, 0.1) is 22.8 Å². The number of pyridine rings is 1. The Labute approximate surface area is 104 Å². The average molecular weight is 254 g/mol. The van der Waals surface area contributed by atoms with Gasteiger partial charge in [0.1, 0.15) is 5.75 Å². The number of benzene rings is 1. The second-order valence-corrected chi connectivity index (χ2v) is 4.06. The largest absolute Gasteiger partial charge is 0.497 e. The molecule has 0 spiro atoms. The summed E-state index contributed by atoms with van der Waals surface area (Å²) in [6.45, 7) is 0. The summed E-state index contributed by atoms with van der Waals surface area (Å²) in [5.41, 5.74) is 1.65. The first-order chi connectivity index (χ1) is 7.70. The van der Waals surface area contributed by atoms with Crippen molar-refractivity contribution in [3.05, 3.63) is 46.6 Å². The average Bonchev–Trinajstić information content (AvgIpc) is 2.29. The summed E-state index contributed by atoms with van der Waals surface area (Å²) in [6.07, 6.45) is 1.58. The highest BCUT2D eigenvalue weighted by atomic mass is 35.5. The van der Waals surface area contributed by atoms with Gasteiger partial charge < -0.3 is 4.74 Å². The number of halogens is 2. The van der Waals surface area contributed by atoms with Gasteiger partial charge >= 0.3 is 0 Å². The highest BCUT2D eigenvalue weighted by molar-refractivity contribution is 6.36. The van der Waals surface area contributed by atoms with Gasteiger partial charge in [0, 0.05) is 11.8 Å². The van der Waals surface area contributed by atoms with E-state index in [0.29, 0.717) is 15.7 Å². The van der Waals surface area contributed by atoms with Crippen molar-refractivity contribution in [3.63, 3.8) is 0 Å². The molecule has 4 heteroatoms. The molecular weight excluding hydrogens is 245 g/mol. The van der Waals surface area contributed by atoms with Crippen molar-refractivity contribution in [2.45, 2.75) is 0 Å². The zero-order valence-corrected chi connectivity index (χ0v) is 10.1. The summed E-state index contributed by atoms with van der Waals surface area (Å²) in [5.74, 6) is 0.800. The first-order valence-corrected chi connectivity index (χ1v) is 5.42. The lowest BCUT2D eigenvalue weighted by atomic mass is 10.1. The van der Waals surface area contributed by atoms with Crippen LogP contribution in [0.2, 0.25) is 10.0 Å². The van der Waals surface area contributed by atoms with Crippen LogP contribution >= 0.6 is 23.2 Å². The molecule has 1 heterocycles. The van der Waals surface area contributed by atoms with Gasteiger partial charge in [-0.15, -0.1) is 0 Å². The van der Waals surface area contributed by atoms with Crippen LogP contribution in [0.15, 0.2) is 36.5 Å². The smallest absolute Gasteiger partial charge is 0.118 e. The molecular formula is C12H9Cl2NO. The standard InChI is InChI=1S/C12H9Cl2NO/c1-16-10-4-2-8(3-5-10)12-11(14)6-9(13)7-15-12/h2-7H,1H3. The molecule has 0 aliphatic rings. The van der Waals surface area contributed by atoms with E-state index in [1.165, 1.54) is 0 Å². The summed E-state index contributed by atoms with van der Waals surface area (Å²) < 4.78 is 5.08. The van der Waals surface area contributed by atoms with Gasteiger partial charge in [-0.05, 0) is 30.3 Å². The number of methoxy groups -OCH3 is 1. The van der Waals surface area contributed by atoms with Crippen LogP contribution in [0.25, 0.3) is 11.3 Å². The number of hydrogen-bond donors (Lipinski definition) is 0. The van der Waals surface area contributed by atoms with Gasteiger partial charge in [0.25, 0.3) is 0 Å². The van der Waals surface area contributed by atoms with E-state index < -0.39 is 0 Å². The van der Waals surface area contributed by atoms with Crippen molar-refractivity contribution in [2.75, 3.05) is 7.11 Å². The quantitative estimate of drug-likeness (QED) is 0.806. The molecule has 0 bridgehead atoms. The highest BCUT2D eigenvalue weighted by Crippen LogP contribution is 2.28. The Kier molecular flexibility index (Phi) is 3.32. The monoisotopic (exact) mass is 253 g/mol. The van der Waals surface area contributed by atoms with Crippen LogP contribution < -0.4 is 4.74 Å². The minimum absolute atomic E-state index is 0.530. The zero-order chi connectivity index (χ0) is 11.5. The Morgan fingerprint density at radius 3 is 2.38 bits per heavy atom. The van der Waals surface area contributed by atoms with E-state index in [9.17, 15) is 0 Å². The molecule has 1 aromatic carbocycles. The topological polar surface area (TPSA) is 22.1 Å². The lowest BCUT2D eigenvalue weighted by Gasteiger charge is -2.05. The fraction of sp³-hybridized carbons (Fsp3) is 0.0833. The second-order valence-electron chi connectivity index (χ2n) is 3.21. The molecule has 2 aromatic rings. The maximum absolute atomic E-state index is 6.06. The summed E-state index contributed by atoms with van der Waals surface area (Å²) >= 11 is 11.8. The highest BCUT2D eigenvalue weighted by Gasteiger charge is 2.05. The molecule has 0 atom stereocenters. The SMILES string of the molecule is COc1ccc(-c2ncc(Cl)cc2Cl)cc1. The van der Waals surface area contributed by atoms with Gasteiger partial charge in [-0.3, -0.25) is 4.98 Å². The minimum atomic E-state index is 0.530. The van der Waals surface area contributed by atoms with Gasteiger partial charge in [0.2, 0.25) is 0 Å². The summed E-state index contributed by atoms with van der Waals surface area (Å²) in [7, 11) is 1.63. The Morgan fingerprint density at radius 1 is 1.12 bits per heavy atom. The molecule has 0 aliphatic heterocycles. The number of aromatic nitrogens is 1. The fourth-order valence-electron chi connectivity index (χ4n) is 1.38. The molecule has 0 saturated heterocycles. The first kappa shape index (κ1) is 11.2. The second kappa shape index (κ2) is 4.73. The van der Waals surface area contributed by atoms with E-state index in [2.05, 4.69) is 4.98 Å². The van der Waals surface area contributed by atoms with Crippen LogP contribution in [0, 0.1) is 0 Å². The Morgan fingerprint density at radius 2 is 1.81 bits per heavy atom. The summed E-state index contributed by atoms with van der Waals surface area (Å²) in [5, 5.41) is 1.07. The third-order valence-electron chi connectivity index (χ3n) is 2.17. The maximum atomic E-state index is 6.06. The molecule has 82 valence electrons. The van der Waals surface area contributed by atoms with E-state index >= 15 is 0 Å². The predicted octanol–water partition coefficient (Wildman–Crippen LogP) is 4.06. The van der Waals surface area contributed by atoms with Gasteiger partial charge in [-0.2, -0.15) is 0 Å². The van der Waals surface area contributed by atoms with Crippen LogP contribution in [0.4, 0.5) is 0 Å². The molecule has 16 heavy (non-hydrogen) atoms. The molecule has 0 N–H and O–H groups in total. The summed E-state index contributed by atoms with van der Waals surface area (Å²) in [4.78, 5) is 4.20. The Balaban J connectivity index is 2.42. The number of nitrogens with zero attached hydrogens (tertiary/aromatic N) is 1. The van der Waals surface area contributed by atoms with Crippen LogP contribution in [0.3, 0.4) is 0 Å². The molecule has 0 amide bonds. The van der Waals surface area contributed by atoms with Crippen molar-refractivity contribution >= 4 is 23.2 Å². The maximum Gasteiger partial charge on any atom is 0.118 e. The number of ether oxygens (including phenoxy) is 1. The van der Waals surface area contributed by atoms with Gasteiger partial charge in [-0.25, -0.2) is 0 Å². The zero-order valence-electron chi connectivity index (χ0n) is 8.58. The van der Waals surface area contributed by atoms with Crippen LogP contribution in [-0.4, -0.2) is 12.1 Å². The molecule has 2 nitrogen and oxygen atoms in total. The third kappa shape index (κ3) is 2.29. The predicted molar refractivity (Wildman–Crippen MR) is 66.2 cm³/mol. The van der Waals surface area contributed by atoms with Crippen LogP contribution in [-0.2, 0) is 0 Å². The molecule has 0 fully saturated rings. The lowest BCUT2D eigenvalue weighted by Crippen LogP contribution is -1.86. The van der Waals surface area contributed by atoms with Crippen molar-refractivity contribution in [1.82, 2.24) is 4.98 Å². The minimum Gasteiger partial charge on any atom is -0.497 e. The van der Waals surface area contributed by atoms with Gasteiger partial charge in [-0.1, -0.05) is 23.2 Å². The van der Waals surface area contributed by atoms with Gasteiger partial charge in [0.15, 0.2) is 0 Å². The molecule has 0 saturated carbocycles. The van der Waals surface area contributed by atoms with E-state index in [-0.39, 0.29) is 0 Å². The molecule has 1 aromatic heterocycles. The first-order valence-electron chi connectivity index (χ1n) is 4.66. The Hall–Kier alpha value is -1.25. The van der Waals surface area contributed by atoms with E-state index in [1.54, 1.807) is 19.4 Å². The number of hydrogen-bond acceptors (Lipinski definition) is 2. The van der Waals surface area contributed by atoms with Crippen molar-refractivity contribution in [1.29, 1.82) is 0 Å². The molecule has 0 aliphatic carbocycles. The number of rotatable bonds is 2. The van der Waals surface area contributed by atoms with Crippen LogP contribution in [0.1, 0.15) is 0 Å². The van der Waals surface area contributed by atoms with Crippen molar-refractivity contribution in [2.24, 2.45) is 0 Å². The fourth-order valence-corrected chi connectivity index (χ4v) is 1.87. The van der Waals surface area contributed by atoms with Crippen molar-refractivity contribution in [3.8, 4) is 17.0 Å². The van der Waals surface area contributed by atoms with E-state index in [0.717, 1.165) is 11.3 Å². The van der Waals surface area contributed by atoms with Crippen molar-refractivity contribution < 1.29 is 4.74 Å². The normalized spacial score (nSPS) is 10.2. The Bertz CT molecular complexity index is 497. The molecule has 0 radical (unpaired) electrons. The molecule has 2 rings (SSSR count). The lowest BCUT2D eigenvalue weighted by molar-refractivity contribution is 0.415. The van der Waals surface area contributed by atoms with Crippen LogP contribution in [0.5, 0.6) is 5.75 Å².